The highest BCUT2D eigenvalue weighted by Gasteiger charge is 2.34. The number of alkyl halides is 3. The molecule has 0 spiro atoms. The molecular formula is C21H14BrF4N3O2. The summed E-state index contributed by atoms with van der Waals surface area (Å²) in [5.41, 5.74) is 0.274. The Labute approximate surface area is 182 Å². The number of carbonyl (C=O) groups excluding carboxylic acids is 1. The normalized spacial score (nSPS) is 15.3. The fourth-order valence-electron chi connectivity index (χ4n) is 3.28. The first-order chi connectivity index (χ1) is 14.7. The number of rotatable bonds is 4. The van der Waals surface area contributed by atoms with Gasteiger partial charge in [0.2, 0.25) is 5.95 Å². The third-order valence-corrected chi connectivity index (χ3v) is 5.32. The number of ether oxygens (including phenoxy) is 1. The summed E-state index contributed by atoms with van der Waals surface area (Å²) in [5, 5.41) is 0. The zero-order chi connectivity index (χ0) is 22.2. The summed E-state index contributed by atoms with van der Waals surface area (Å²) in [6.07, 6.45) is -2.66. The van der Waals surface area contributed by atoms with Crippen molar-refractivity contribution < 1.29 is 27.1 Å². The van der Waals surface area contributed by atoms with Crippen molar-refractivity contribution in [2.75, 3.05) is 6.61 Å². The number of carbonyl (C=O) groups is 1. The molecular weight excluding hydrogens is 482 g/mol. The standard InChI is InChI=1S/C21H14BrF4N3O2/c22-14-3-5-16-17(11-31-18(16)7-14)29(20(30)12-1-6-19(23)28-8-12)10-15-4-2-13(9-27-15)21(24,25)26/h1-9,17H,10-11H2. The topological polar surface area (TPSA) is 55.3 Å². The van der Waals surface area contributed by atoms with E-state index >= 15 is 0 Å². The summed E-state index contributed by atoms with van der Waals surface area (Å²) in [5.74, 6) is -0.611. The number of hydrogen-bond donors (Lipinski definition) is 0. The molecule has 0 saturated carbocycles. The maximum atomic E-state index is 13.2. The van der Waals surface area contributed by atoms with Crippen molar-refractivity contribution in [1.82, 2.24) is 14.9 Å². The van der Waals surface area contributed by atoms with Crippen LogP contribution in [0.1, 0.15) is 33.2 Å². The van der Waals surface area contributed by atoms with Crippen molar-refractivity contribution in [2.24, 2.45) is 0 Å². The highest BCUT2D eigenvalue weighted by atomic mass is 79.9. The smallest absolute Gasteiger partial charge is 0.417 e. The van der Waals surface area contributed by atoms with Gasteiger partial charge in [0.25, 0.3) is 5.91 Å². The minimum Gasteiger partial charge on any atom is -0.491 e. The Balaban J connectivity index is 1.68. The van der Waals surface area contributed by atoms with E-state index in [-0.39, 0.29) is 24.4 Å². The summed E-state index contributed by atoms with van der Waals surface area (Å²) in [6, 6.07) is 9.39. The largest absolute Gasteiger partial charge is 0.491 e. The lowest BCUT2D eigenvalue weighted by atomic mass is 10.1. The molecule has 0 bridgehead atoms. The number of hydrogen-bond acceptors (Lipinski definition) is 4. The van der Waals surface area contributed by atoms with Gasteiger partial charge in [0.15, 0.2) is 0 Å². The van der Waals surface area contributed by atoms with Crippen LogP contribution in [0.2, 0.25) is 0 Å². The SMILES string of the molecule is O=C(c1ccc(F)nc1)N(Cc1ccc(C(F)(F)F)cn1)C1COc2cc(Br)ccc21. The van der Waals surface area contributed by atoms with Crippen molar-refractivity contribution in [3.05, 3.63) is 87.7 Å². The first kappa shape index (κ1) is 21.2. The van der Waals surface area contributed by atoms with Gasteiger partial charge in [-0.3, -0.25) is 9.78 Å². The van der Waals surface area contributed by atoms with Crippen molar-refractivity contribution in [2.45, 2.75) is 18.8 Å². The predicted octanol–water partition coefficient (Wildman–Crippen LogP) is 5.17. The van der Waals surface area contributed by atoms with Crippen molar-refractivity contribution >= 4 is 21.8 Å². The first-order valence-corrected chi connectivity index (χ1v) is 9.88. The Hall–Kier alpha value is -3.01. The second-order valence-electron chi connectivity index (χ2n) is 6.85. The zero-order valence-electron chi connectivity index (χ0n) is 15.7. The summed E-state index contributed by atoms with van der Waals surface area (Å²) in [4.78, 5) is 22.1. The zero-order valence-corrected chi connectivity index (χ0v) is 17.3. The van der Waals surface area contributed by atoms with Crippen LogP contribution < -0.4 is 4.74 Å². The summed E-state index contributed by atoms with van der Waals surface area (Å²) < 4.78 is 58.3. The number of halogens is 5. The molecule has 3 heterocycles. The van der Waals surface area contributed by atoms with Gasteiger partial charge in [-0.2, -0.15) is 17.6 Å². The van der Waals surface area contributed by atoms with E-state index in [9.17, 15) is 22.4 Å². The molecule has 5 nitrogen and oxygen atoms in total. The van der Waals surface area contributed by atoms with Gasteiger partial charge in [-0.25, -0.2) is 4.98 Å². The fourth-order valence-corrected chi connectivity index (χ4v) is 3.62. The van der Waals surface area contributed by atoms with E-state index in [2.05, 4.69) is 25.9 Å². The highest BCUT2D eigenvalue weighted by molar-refractivity contribution is 9.10. The second kappa shape index (κ2) is 8.26. The lowest BCUT2D eigenvalue weighted by Crippen LogP contribution is -2.35. The molecule has 10 heteroatoms. The molecule has 0 saturated heterocycles. The molecule has 1 amide bonds. The van der Waals surface area contributed by atoms with E-state index in [1.54, 1.807) is 18.2 Å². The molecule has 160 valence electrons. The van der Waals surface area contributed by atoms with E-state index in [0.717, 1.165) is 34.6 Å². The Morgan fingerprint density at radius 2 is 1.94 bits per heavy atom. The van der Waals surface area contributed by atoms with Crippen LogP contribution in [0.5, 0.6) is 5.75 Å². The average molecular weight is 496 g/mol. The van der Waals surface area contributed by atoms with Crippen LogP contribution in [0.15, 0.2) is 59.3 Å². The van der Waals surface area contributed by atoms with Crippen LogP contribution >= 0.6 is 15.9 Å². The lowest BCUT2D eigenvalue weighted by molar-refractivity contribution is -0.137. The molecule has 3 aromatic rings. The fraction of sp³-hybridized carbons (Fsp3) is 0.190. The van der Waals surface area contributed by atoms with Gasteiger partial charge < -0.3 is 9.64 Å². The monoisotopic (exact) mass is 495 g/mol. The van der Waals surface area contributed by atoms with Crippen molar-refractivity contribution in [1.29, 1.82) is 0 Å². The van der Waals surface area contributed by atoms with Gasteiger partial charge in [0.05, 0.1) is 29.4 Å². The van der Waals surface area contributed by atoms with Gasteiger partial charge >= 0.3 is 6.18 Å². The molecule has 1 atom stereocenters. The van der Waals surface area contributed by atoms with Gasteiger partial charge in [0.1, 0.15) is 12.4 Å². The summed E-state index contributed by atoms with van der Waals surface area (Å²) >= 11 is 3.36. The van der Waals surface area contributed by atoms with Crippen LogP contribution in [0.4, 0.5) is 17.6 Å². The second-order valence-corrected chi connectivity index (χ2v) is 7.76. The number of fused-ring (bicyclic) bond motifs is 1. The van der Waals surface area contributed by atoms with Gasteiger partial charge in [0, 0.05) is 22.4 Å². The molecule has 2 aromatic heterocycles. The molecule has 4 rings (SSSR count). The average Bonchev–Trinajstić information content (AvgIpc) is 3.14. The quantitative estimate of drug-likeness (QED) is 0.370. The number of aromatic nitrogens is 2. The summed E-state index contributed by atoms with van der Waals surface area (Å²) in [7, 11) is 0. The first-order valence-electron chi connectivity index (χ1n) is 9.09. The minimum absolute atomic E-state index is 0.0716. The van der Waals surface area contributed by atoms with E-state index in [0.29, 0.717) is 5.75 Å². The Morgan fingerprint density at radius 3 is 2.58 bits per heavy atom. The van der Waals surface area contributed by atoms with Crippen LogP contribution in [-0.2, 0) is 12.7 Å². The number of benzene rings is 1. The van der Waals surface area contributed by atoms with Crippen molar-refractivity contribution in [3.63, 3.8) is 0 Å². The predicted molar refractivity (Wildman–Crippen MR) is 106 cm³/mol. The molecule has 1 aliphatic rings. The maximum absolute atomic E-state index is 13.2. The lowest BCUT2D eigenvalue weighted by Gasteiger charge is -2.28. The van der Waals surface area contributed by atoms with Crippen molar-refractivity contribution in [3.8, 4) is 5.75 Å². The molecule has 1 aliphatic heterocycles. The van der Waals surface area contributed by atoms with E-state index < -0.39 is 29.6 Å². The molecule has 1 unspecified atom stereocenters. The van der Waals surface area contributed by atoms with E-state index in [4.69, 9.17) is 4.74 Å². The highest BCUT2D eigenvalue weighted by Crippen LogP contribution is 2.39. The number of nitrogens with zero attached hydrogens (tertiary/aromatic N) is 3. The molecule has 0 N–H and O–H groups in total. The minimum atomic E-state index is -4.51. The van der Waals surface area contributed by atoms with Crippen LogP contribution in [0.3, 0.4) is 0 Å². The summed E-state index contributed by atoms with van der Waals surface area (Å²) in [6.45, 7) is 0.0880. The Morgan fingerprint density at radius 1 is 1.13 bits per heavy atom. The Bertz CT molecular complexity index is 1110. The van der Waals surface area contributed by atoms with Gasteiger partial charge in [-0.15, -0.1) is 0 Å². The van der Waals surface area contributed by atoms with Gasteiger partial charge in [-0.05, 0) is 36.4 Å². The molecule has 1 aromatic carbocycles. The van der Waals surface area contributed by atoms with E-state index in [1.807, 2.05) is 0 Å². The van der Waals surface area contributed by atoms with Crippen LogP contribution in [0.25, 0.3) is 0 Å². The third kappa shape index (κ3) is 4.53. The third-order valence-electron chi connectivity index (χ3n) is 4.83. The van der Waals surface area contributed by atoms with Gasteiger partial charge in [-0.1, -0.05) is 22.0 Å². The molecule has 0 fully saturated rings. The van der Waals surface area contributed by atoms with Crippen LogP contribution in [0, 0.1) is 5.95 Å². The molecule has 0 aliphatic carbocycles. The molecule has 0 radical (unpaired) electrons. The number of amides is 1. The number of pyridine rings is 2. The Kier molecular flexibility index (Phi) is 5.65. The van der Waals surface area contributed by atoms with E-state index in [1.165, 1.54) is 17.0 Å². The maximum Gasteiger partial charge on any atom is 0.417 e. The van der Waals surface area contributed by atoms with Crippen LogP contribution in [-0.4, -0.2) is 27.4 Å². The molecule has 31 heavy (non-hydrogen) atoms.